The van der Waals surface area contributed by atoms with Gasteiger partial charge in [0.1, 0.15) is 17.0 Å². The van der Waals surface area contributed by atoms with E-state index in [2.05, 4.69) is 15.0 Å². The number of ketones is 1. The molecule has 0 spiro atoms. The minimum atomic E-state index is -0.0714. The van der Waals surface area contributed by atoms with E-state index in [4.69, 9.17) is 0 Å². The first-order valence-corrected chi connectivity index (χ1v) is 5.94. The van der Waals surface area contributed by atoms with Crippen molar-refractivity contribution < 1.29 is 4.79 Å². The summed E-state index contributed by atoms with van der Waals surface area (Å²) in [6.07, 6.45) is 6.99. The van der Waals surface area contributed by atoms with E-state index in [1.165, 1.54) is 6.92 Å². The molecule has 0 N–H and O–H groups in total. The fourth-order valence-electron chi connectivity index (χ4n) is 2.11. The number of aromatic nitrogens is 5. The second kappa shape index (κ2) is 4.31. The number of imidazole rings is 2. The van der Waals surface area contributed by atoms with Crippen molar-refractivity contribution in [2.45, 2.75) is 13.5 Å². The van der Waals surface area contributed by atoms with E-state index in [0.717, 1.165) is 11.3 Å². The van der Waals surface area contributed by atoms with Crippen LogP contribution in [-0.2, 0) is 13.6 Å². The van der Waals surface area contributed by atoms with Gasteiger partial charge in [-0.05, 0) is 6.07 Å². The average molecular weight is 255 g/mol. The highest BCUT2D eigenvalue weighted by Gasteiger charge is 2.14. The van der Waals surface area contributed by atoms with Gasteiger partial charge in [-0.3, -0.25) is 9.78 Å². The lowest BCUT2D eigenvalue weighted by molar-refractivity contribution is 0.101. The maximum absolute atomic E-state index is 11.6. The van der Waals surface area contributed by atoms with Crippen LogP contribution in [0.1, 0.15) is 23.2 Å². The molecule has 3 rings (SSSR count). The number of Topliss-reactive ketones (excluding diaryl/α,β-unsaturated/α-hetero) is 1. The first-order valence-electron chi connectivity index (χ1n) is 5.94. The van der Waals surface area contributed by atoms with Crippen LogP contribution >= 0.6 is 0 Å². The molecule has 19 heavy (non-hydrogen) atoms. The highest BCUT2D eigenvalue weighted by atomic mass is 16.1. The van der Waals surface area contributed by atoms with Gasteiger partial charge in [0.15, 0.2) is 5.78 Å². The van der Waals surface area contributed by atoms with Crippen LogP contribution in [0.4, 0.5) is 0 Å². The number of fused-ring (bicyclic) bond motifs is 1. The van der Waals surface area contributed by atoms with Gasteiger partial charge in [-0.15, -0.1) is 0 Å². The van der Waals surface area contributed by atoms with Gasteiger partial charge in [0, 0.05) is 32.6 Å². The molecule has 0 atom stereocenters. The van der Waals surface area contributed by atoms with Gasteiger partial charge in [-0.2, -0.15) is 0 Å². The van der Waals surface area contributed by atoms with E-state index < -0.39 is 0 Å². The summed E-state index contributed by atoms with van der Waals surface area (Å²) in [6.45, 7) is 2.12. The third-order valence-electron chi connectivity index (χ3n) is 3.11. The minimum Gasteiger partial charge on any atom is -0.330 e. The summed E-state index contributed by atoms with van der Waals surface area (Å²) in [7, 11) is 1.94. The summed E-state index contributed by atoms with van der Waals surface area (Å²) >= 11 is 0. The van der Waals surface area contributed by atoms with E-state index in [1.54, 1.807) is 18.7 Å². The number of carbonyl (C=O) groups excluding carboxylic acids is 1. The number of pyridine rings is 1. The molecule has 6 nitrogen and oxygen atoms in total. The summed E-state index contributed by atoms with van der Waals surface area (Å²) in [5.41, 5.74) is 1.99. The predicted octanol–water partition coefficient (Wildman–Crippen LogP) is 1.42. The van der Waals surface area contributed by atoms with E-state index in [9.17, 15) is 4.79 Å². The monoisotopic (exact) mass is 255 g/mol. The number of hydrogen-bond acceptors (Lipinski definition) is 4. The van der Waals surface area contributed by atoms with Crippen LogP contribution in [-0.4, -0.2) is 29.9 Å². The van der Waals surface area contributed by atoms with Gasteiger partial charge in [0.05, 0.1) is 18.4 Å². The molecule has 6 heteroatoms. The van der Waals surface area contributed by atoms with Gasteiger partial charge in [0.25, 0.3) is 0 Å². The number of rotatable bonds is 3. The largest absolute Gasteiger partial charge is 0.330 e. The Morgan fingerprint density at radius 1 is 1.37 bits per heavy atom. The number of nitrogens with zero attached hydrogens (tertiary/aromatic N) is 5. The zero-order valence-corrected chi connectivity index (χ0v) is 10.7. The smallest absolute Gasteiger partial charge is 0.180 e. The van der Waals surface area contributed by atoms with Gasteiger partial charge >= 0.3 is 0 Å². The molecule has 0 fully saturated rings. The van der Waals surface area contributed by atoms with Crippen LogP contribution in [0.15, 0.2) is 31.0 Å². The highest BCUT2D eigenvalue weighted by molar-refractivity contribution is 6.02. The van der Waals surface area contributed by atoms with Crippen molar-refractivity contribution in [3.63, 3.8) is 0 Å². The molecule has 0 aliphatic heterocycles. The maximum Gasteiger partial charge on any atom is 0.180 e. The lowest BCUT2D eigenvalue weighted by Crippen LogP contribution is -2.03. The van der Waals surface area contributed by atoms with Crippen molar-refractivity contribution in [1.29, 1.82) is 0 Å². The Kier molecular flexibility index (Phi) is 2.63. The summed E-state index contributed by atoms with van der Waals surface area (Å²) in [5.74, 6) is 0.793. The molecule has 3 heterocycles. The van der Waals surface area contributed by atoms with Crippen LogP contribution in [0.5, 0.6) is 0 Å². The van der Waals surface area contributed by atoms with Crippen molar-refractivity contribution >= 4 is 16.8 Å². The van der Waals surface area contributed by atoms with Crippen LogP contribution < -0.4 is 0 Å². The standard InChI is InChI=1S/C13H13N5O/c1-9(19)12-13-10(3-4-15-12)17(2)11(16-13)7-18-6-5-14-8-18/h3-6,8H,7H2,1-2H3. The van der Waals surface area contributed by atoms with Crippen molar-refractivity contribution in [2.75, 3.05) is 0 Å². The first-order chi connectivity index (χ1) is 9.16. The van der Waals surface area contributed by atoms with Crippen LogP contribution in [0.3, 0.4) is 0 Å². The molecule has 3 aromatic heterocycles. The molecular weight excluding hydrogens is 242 g/mol. The number of carbonyl (C=O) groups is 1. The Balaban J connectivity index is 2.14. The maximum atomic E-state index is 11.6. The topological polar surface area (TPSA) is 65.6 Å². The molecule has 0 aromatic carbocycles. The van der Waals surface area contributed by atoms with Crippen LogP contribution in [0.25, 0.3) is 11.0 Å². The van der Waals surface area contributed by atoms with Crippen molar-refractivity contribution in [1.82, 2.24) is 24.1 Å². The third kappa shape index (κ3) is 1.91. The zero-order valence-electron chi connectivity index (χ0n) is 10.7. The van der Waals surface area contributed by atoms with Crippen LogP contribution in [0.2, 0.25) is 0 Å². The second-order valence-corrected chi connectivity index (χ2v) is 4.41. The summed E-state index contributed by atoms with van der Waals surface area (Å²) < 4.78 is 3.91. The molecule has 0 bridgehead atoms. The summed E-state index contributed by atoms with van der Waals surface area (Å²) in [4.78, 5) is 24.2. The summed E-state index contributed by atoms with van der Waals surface area (Å²) in [6, 6.07) is 1.87. The minimum absolute atomic E-state index is 0.0714. The van der Waals surface area contributed by atoms with Crippen molar-refractivity contribution in [3.05, 3.63) is 42.5 Å². The Morgan fingerprint density at radius 2 is 2.21 bits per heavy atom. The third-order valence-corrected chi connectivity index (χ3v) is 3.11. The fourth-order valence-corrected chi connectivity index (χ4v) is 2.11. The van der Waals surface area contributed by atoms with Gasteiger partial charge in [-0.1, -0.05) is 0 Å². The molecule has 0 saturated heterocycles. The Morgan fingerprint density at radius 3 is 2.89 bits per heavy atom. The van der Waals surface area contributed by atoms with Crippen LogP contribution in [0, 0.1) is 0 Å². The van der Waals surface area contributed by atoms with Gasteiger partial charge in [0.2, 0.25) is 0 Å². The lowest BCUT2D eigenvalue weighted by atomic mass is 10.2. The molecule has 96 valence electrons. The number of aryl methyl sites for hydroxylation is 1. The van der Waals surface area contributed by atoms with E-state index in [0.29, 0.717) is 17.8 Å². The molecule has 3 aromatic rings. The fraction of sp³-hybridized carbons (Fsp3) is 0.231. The molecule has 0 radical (unpaired) electrons. The normalized spacial score (nSPS) is 11.1. The lowest BCUT2D eigenvalue weighted by Gasteiger charge is -2.02. The number of hydrogen-bond donors (Lipinski definition) is 0. The van der Waals surface area contributed by atoms with Gasteiger partial charge < -0.3 is 9.13 Å². The molecule has 0 aliphatic rings. The van der Waals surface area contributed by atoms with E-state index in [-0.39, 0.29) is 5.78 Å². The molecule has 0 aliphatic carbocycles. The van der Waals surface area contributed by atoms with Crippen molar-refractivity contribution in [2.24, 2.45) is 7.05 Å². The first kappa shape index (κ1) is 11.6. The quantitative estimate of drug-likeness (QED) is 0.664. The molecular formula is C13H13N5O. The highest BCUT2D eigenvalue weighted by Crippen LogP contribution is 2.18. The summed E-state index contributed by atoms with van der Waals surface area (Å²) in [5, 5.41) is 0. The molecule has 0 amide bonds. The van der Waals surface area contributed by atoms with E-state index >= 15 is 0 Å². The SMILES string of the molecule is CC(=O)c1nccc2c1nc(Cn1ccnc1)n2C. The molecule has 0 saturated carbocycles. The van der Waals surface area contributed by atoms with E-state index in [1.807, 2.05) is 28.4 Å². The zero-order chi connectivity index (χ0) is 13.4. The van der Waals surface area contributed by atoms with Gasteiger partial charge in [-0.25, -0.2) is 9.97 Å². The molecule has 0 unspecified atom stereocenters. The predicted molar refractivity (Wildman–Crippen MR) is 69.8 cm³/mol. The Bertz CT molecular complexity index is 742. The Hall–Kier alpha value is -2.50. The second-order valence-electron chi connectivity index (χ2n) is 4.41. The average Bonchev–Trinajstić information content (AvgIpc) is 2.99. The Labute approximate surface area is 109 Å². The van der Waals surface area contributed by atoms with Crippen molar-refractivity contribution in [3.8, 4) is 0 Å².